The van der Waals surface area contributed by atoms with Crippen LogP contribution < -0.4 is 0 Å². The van der Waals surface area contributed by atoms with Gasteiger partial charge in [0, 0.05) is 11.1 Å². The molecule has 0 N–H and O–H groups in total. The van der Waals surface area contributed by atoms with Gasteiger partial charge in [-0.15, -0.1) is 0 Å². The van der Waals surface area contributed by atoms with E-state index in [0.717, 1.165) is 38.2 Å². The molecule has 1 heterocycles. The number of nitrogens with zero attached hydrogens (tertiary/aromatic N) is 3. The number of hydrogen-bond acceptors (Lipinski definition) is 3. The highest BCUT2D eigenvalue weighted by atomic mass is 35.5. The lowest BCUT2D eigenvalue weighted by molar-refractivity contribution is 1.07. The number of rotatable bonds is 4. The van der Waals surface area contributed by atoms with E-state index in [9.17, 15) is 0 Å². The minimum atomic E-state index is 0.169. The minimum Gasteiger partial charge on any atom is -0.208 e. The predicted molar refractivity (Wildman–Crippen MR) is 179 cm³/mol. The second-order valence-corrected chi connectivity index (χ2v) is 11.0. The quantitative estimate of drug-likeness (QED) is 0.211. The summed E-state index contributed by atoms with van der Waals surface area (Å²) in [5.41, 5.74) is 6.55. The first-order chi connectivity index (χ1) is 21.2. The standard InChI is InChI=1S/C39H24ClN3/c40-39-42-37(41-38(43-39)36-22-21-33(25-9-2-1-3-10-25)34-14-6-7-15-35(34)36)30-20-18-27-23-29(19-17-28(27)24-30)32-16-8-12-26-11-4-5-13-31(26)32/h1-24H. The van der Waals surface area contributed by atoms with Crippen molar-refractivity contribution in [1.29, 1.82) is 0 Å². The molecule has 0 unspecified atom stereocenters. The first-order valence-corrected chi connectivity index (χ1v) is 14.6. The van der Waals surface area contributed by atoms with Gasteiger partial charge in [-0.25, -0.2) is 4.98 Å². The van der Waals surface area contributed by atoms with Crippen molar-refractivity contribution in [1.82, 2.24) is 15.0 Å². The molecule has 0 aliphatic rings. The van der Waals surface area contributed by atoms with Gasteiger partial charge in [0.15, 0.2) is 11.6 Å². The highest BCUT2D eigenvalue weighted by Gasteiger charge is 2.15. The van der Waals surface area contributed by atoms with Crippen molar-refractivity contribution in [2.75, 3.05) is 0 Å². The smallest absolute Gasteiger partial charge is 0.208 e. The number of hydrogen-bond donors (Lipinski definition) is 0. The van der Waals surface area contributed by atoms with E-state index in [0.29, 0.717) is 11.6 Å². The van der Waals surface area contributed by atoms with E-state index in [1.165, 1.54) is 27.5 Å². The van der Waals surface area contributed by atoms with Gasteiger partial charge in [-0.3, -0.25) is 0 Å². The van der Waals surface area contributed by atoms with Crippen LogP contribution in [-0.4, -0.2) is 15.0 Å². The Kier molecular flexibility index (Phi) is 6.17. The Balaban J connectivity index is 1.20. The average molecular weight is 570 g/mol. The van der Waals surface area contributed by atoms with Crippen molar-refractivity contribution in [3.63, 3.8) is 0 Å². The van der Waals surface area contributed by atoms with Crippen LogP contribution in [0.4, 0.5) is 0 Å². The normalized spacial score (nSPS) is 11.4. The second kappa shape index (κ2) is 10.5. The molecular formula is C39H24ClN3. The first kappa shape index (κ1) is 25.3. The Bertz CT molecular complexity index is 2310. The molecule has 8 rings (SSSR count). The summed E-state index contributed by atoms with van der Waals surface area (Å²) in [7, 11) is 0. The van der Waals surface area contributed by atoms with E-state index in [1.807, 2.05) is 12.1 Å². The fourth-order valence-corrected chi connectivity index (χ4v) is 6.15. The average Bonchev–Trinajstić information content (AvgIpc) is 3.07. The van der Waals surface area contributed by atoms with Crippen molar-refractivity contribution < 1.29 is 0 Å². The van der Waals surface area contributed by atoms with E-state index >= 15 is 0 Å². The monoisotopic (exact) mass is 569 g/mol. The summed E-state index contributed by atoms with van der Waals surface area (Å²) >= 11 is 6.52. The molecule has 0 fully saturated rings. The molecule has 0 atom stereocenters. The second-order valence-electron chi connectivity index (χ2n) is 10.6. The molecule has 43 heavy (non-hydrogen) atoms. The SMILES string of the molecule is Clc1nc(-c2ccc3cc(-c4cccc5ccccc45)ccc3c2)nc(-c2ccc(-c3ccccc3)c3ccccc23)n1. The first-order valence-electron chi connectivity index (χ1n) is 14.2. The van der Waals surface area contributed by atoms with Gasteiger partial charge in [-0.05, 0) is 84.4 Å². The maximum absolute atomic E-state index is 6.52. The maximum Gasteiger partial charge on any atom is 0.226 e. The van der Waals surface area contributed by atoms with Crippen LogP contribution in [0, 0.1) is 0 Å². The summed E-state index contributed by atoms with van der Waals surface area (Å²) in [6, 6.07) is 50.8. The Hall–Kier alpha value is -5.38. The number of benzene rings is 7. The molecule has 0 saturated heterocycles. The molecule has 4 heteroatoms. The molecule has 1 aromatic heterocycles. The molecule has 0 spiro atoms. The molecule has 3 nitrogen and oxygen atoms in total. The zero-order valence-electron chi connectivity index (χ0n) is 23.1. The van der Waals surface area contributed by atoms with Gasteiger partial charge >= 0.3 is 0 Å². The summed E-state index contributed by atoms with van der Waals surface area (Å²) in [5, 5.41) is 7.11. The molecule has 0 aliphatic heterocycles. The van der Waals surface area contributed by atoms with Crippen LogP contribution in [0.25, 0.3) is 77.3 Å². The van der Waals surface area contributed by atoms with Gasteiger partial charge in [0.05, 0.1) is 0 Å². The molecule has 0 saturated carbocycles. The van der Waals surface area contributed by atoms with Gasteiger partial charge in [-0.2, -0.15) is 9.97 Å². The third-order valence-electron chi connectivity index (χ3n) is 8.06. The highest BCUT2D eigenvalue weighted by molar-refractivity contribution is 6.28. The molecule has 8 aromatic rings. The van der Waals surface area contributed by atoms with E-state index in [-0.39, 0.29) is 5.28 Å². The molecule has 0 radical (unpaired) electrons. The number of halogens is 1. The lowest BCUT2D eigenvalue weighted by atomic mass is 9.94. The zero-order valence-corrected chi connectivity index (χ0v) is 23.8. The van der Waals surface area contributed by atoms with Crippen LogP contribution in [0.15, 0.2) is 146 Å². The summed E-state index contributed by atoms with van der Waals surface area (Å²) in [6.45, 7) is 0. The summed E-state index contributed by atoms with van der Waals surface area (Å²) in [5.74, 6) is 1.10. The lowest BCUT2D eigenvalue weighted by Crippen LogP contribution is -1.98. The number of fused-ring (bicyclic) bond motifs is 3. The van der Waals surface area contributed by atoms with E-state index in [1.54, 1.807) is 0 Å². The van der Waals surface area contributed by atoms with Crippen molar-refractivity contribution in [2.24, 2.45) is 0 Å². The van der Waals surface area contributed by atoms with Crippen molar-refractivity contribution >= 4 is 43.9 Å². The minimum absolute atomic E-state index is 0.169. The maximum atomic E-state index is 6.52. The Morgan fingerprint density at radius 1 is 0.349 bits per heavy atom. The van der Waals surface area contributed by atoms with Crippen LogP contribution >= 0.6 is 11.6 Å². The van der Waals surface area contributed by atoms with E-state index in [4.69, 9.17) is 16.6 Å². The van der Waals surface area contributed by atoms with Gasteiger partial charge in [-0.1, -0.05) is 127 Å². The van der Waals surface area contributed by atoms with Gasteiger partial charge < -0.3 is 0 Å². The van der Waals surface area contributed by atoms with E-state index in [2.05, 4.69) is 143 Å². The fourth-order valence-electron chi connectivity index (χ4n) is 5.99. The van der Waals surface area contributed by atoms with Crippen LogP contribution in [0.5, 0.6) is 0 Å². The summed E-state index contributed by atoms with van der Waals surface area (Å²) in [4.78, 5) is 14.0. The van der Waals surface area contributed by atoms with Crippen LogP contribution in [0.1, 0.15) is 0 Å². The molecule has 0 amide bonds. The van der Waals surface area contributed by atoms with Crippen molar-refractivity contribution in [3.05, 3.63) is 151 Å². The third-order valence-corrected chi connectivity index (χ3v) is 8.23. The fraction of sp³-hybridized carbons (Fsp3) is 0. The lowest BCUT2D eigenvalue weighted by Gasteiger charge is -2.12. The van der Waals surface area contributed by atoms with E-state index < -0.39 is 0 Å². The Morgan fingerprint density at radius 2 is 0.930 bits per heavy atom. The van der Waals surface area contributed by atoms with Gasteiger partial charge in [0.2, 0.25) is 5.28 Å². The summed E-state index contributed by atoms with van der Waals surface area (Å²) < 4.78 is 0. The molecule has 0 aliphatic carbocycles. The molecule has 7 aromatic carbocycles. The number of aromatic nitrogens is 3. The zero-order chi connectivity index (χ0) is 28.8. The van der Waals surface area contributed by atoms with Crippen LogP contribution in [0.2, 0.25) is 5.28 Å². The van der Waals surface area contributed by atoms with Gasteiger partial charge in [0.25, 0.3) is 0 Å². The Morgan fingerprint density at radius 3 is 1.74 bits per heavy atom. The van der Waals surface area contributed by atoms with Crippen molar-refractivity contribution in [2.45, 2.75) is 0 Å². The third kappa shape index (κ3) is 4.61. The van der Waals surface area contributed by atoms with Gasteiger partial charge in [0.1, 0.15) is 0 Å². The Labute approximate surface area is 254 Å². The van der Waals surface area contributed by atoms with Crippen LogP contribution in [0.3, 0.4) is 0 Å². The molecule has 202 valence electrons. The molecule has 0 bridgehead atoms. The van der Waals surface area contributed by atoms with Crippen molar-refractivity contribution in [3.8, 4) is 45.0 Å². The highest BCUT2D eigenvalue weighted by Crippen LogP contribution is 2.36. The predicted octanol–water partition coefficient (Wildman–Crippen LogP) is 10.7. The molecular weight excluding hydrogens is 546 g/mol. The largest absolute Gasteiger partial charge is 0.226 e. The topological polar surface area (TPSA) is 38.7 Å². The van der Waals surface area contributed by atoms with Crippen LogP contribution in [-0.2, 0) is 0 Å². The summed E-state index contributed by atoms with van der Waals surface area (Å²) in [6.07, 6.45) is 0.